The Kier molecular flexibility index (Phi) is 2.93. The molecule has 3 heterocycles. The molecule has 0 bridgehead atoms. The summed E-state index contributed by atoms with van der Waals surface area (Å²) in [6.07, 6.45) is 1.56. The minimum atomic E-state index is 0.182. The fourth-order valence-electron chi connectivity index (χ4n) is 1.92. The van der Waals surface area contributed by atoms with E-state index in [2.05, 4.69) is 35.5 Å². The van der Waals surface area contributed by atoms with Crippen LogP contribution in [-0.4, -0.2) is 34.9 Å². The molecular formula is C11H15N9. The first-order valence-electron chi connectivity index (χ1n) is 6.28. The van der Waals surface area contributed by atoms with Gasteiger partial charge in [-0.3, -0.25) is 0 Å². The van der Waals surface area contributed by atoms with Crippen LogP contribution >= 0.6 is 0 Å². The van der Waals surface area contributed by atoms with E-state index >= 15 is 0 Å². The lowest BCUT2D eigenvalue weighted by atomic mass is 10.3. The standard InChI is InChI=1S/C11H15N9/c1-3-20-18-6(2)7(19-20)4-13-9-8-10(15-5-14-8)17-11(12)16-9/h5H,3-4H2,1-2H3,(H4,12,13,14,15,16,17). The van der Waals surface area contributed by atoms with Crippen LogP contribution in [-0.2, 0) is 13.1 Å². The highest BCUT2D eigenvalue weighted by molar-refractivity contribution is 5.83. The molecular weight excluding hydrogens is 258 g/mol. The van der Waals surface area contributed by atoms with Crippen molar-refractivity contribution in [3.8, 4) is 0 Å². The number of aryl methyl sites for hydroxylation is 2. The average Bonchev–Trinajstić information content (AvgIpc) is 3.02. The zero-order valence-corrected chi connectivity index (χ0v) is 11.3. The van der Waals surface area contributed by atoms with Gasteiger partial charge in [0.2, 0.25) is 5.95 Å². The highest BCUT2D eigenvalue weighted by atomic mass is 15.5. The van der Waals surface area contributed by atoms with Crippen molar-refractivity contribution in [2.45, 2.75) is 26.9 Å². The molecule has 0 radical (unpaired) electrons. The maximum Gasteiger partial charge on any atom is 0.224 e. The number of aromatic nitrogens is 7. The molecule has 0 aromatic carbocycles. The van der Waals surface area contributed by atoms with Crippen LogP contribution in [0.1, 0.15) is 18.3 Å². The molecule has 3 aromatic heterocycles. The molecule has 0 saturated heterocycles. The Bertz CT molecular complexity index is 742. The summed E-state index contributed by atoms with van der Waals surface area (Å²) in [7, 11) is 0. The van der Waals surface area contributed by atoms with Crippen molar-refractivity contribution in [1.82, 2.24) is 34.9 Å². The van der Waals surface area contributed by atoms with E-state index in [1.165, 1.54) is 0 Å². The first kappa shape index (κ1) is 12.3. The molecule has 20 heavy (non-hydrogen) atoms. The van der Waals surface area contributed by atoms with Crippen molar-refractivity contribution in [1.29, 1.82) is 0 Å². The van der Waals surface area contributed by atoms with Crippen LogP contribution in [0.2, 0.25) is 0 Å². The van der Waals surface area contributed by atoms with E-state index in [1.807, 2.05) is 13.8 Å². The molecule has 0 saturated carbocycles. The molecule has 104 valence electrons. The minimum absolute atomic E-state index is 0.182. The Hall–Kier alpha value is -2.71. The molecule has 9 heteroatoms. The second kappa shape index (κ2) is 4.76. The number of H-pyrrole nitrogens is 1. The second-order valence-corrected chi connectivity index (χ2v) is 4.31. The Morgan fingerprint density at radius 3 is 2.95 bits per heavy atom. The summed E-state index contributed by atoms with van der Waals surface area (Å²) in [5.74, 6) is 0.788. The van der Waals surface area contributed by atoms with E-state index in [0.29, 0.717) is 18.0 Å². The van der Waals surface area contributed by atoms with Gasteiger partial charge >= 0.3 is 0 Å². The number of rotatable bonds is 4. The summed E-state index contributed by atoms with van der Waals surface area (Å²) in [6.45, 7) is 5.18. The van der Waals surface area contributed by atoms with Gasteiger partial charge in [-0.25, -0.2) is 4.98 Å². The molecule has 0 atom stereocenters. The van der Waals surface area contributed by atoms with E-state index in [9.17, 15) is 0 Å². The van der Waals surface area contributed by atoms with E-state index in [-0.39, 0.29) is 5.95 Å². The van der Waals surface area contributed by atoms with Gasteiger partial charge in [0, 0.05) is 0 Å². The fraction of sp³-hybridized carbons (Fsp3) is 0.364. The number of fused-ring (bicyclic) bond motifs is 1. The SMILES string of the molecule is CCn1nc(C)c(CNc2nc(N)nc3nc[nH]c23)n1. The lowest BCUT2D eigenvalue weighted by molar-refractivity contribution is 0.562. The molecule has 0 unspecified atom stereocenters. The molecule has 0 aliphatic carbocycles. The number of hydrogen-bond acceptors (Lipinski definition) is 7. The van der Waals surface area contributed by atoms with Gasteiger partial charge in [-0.2, -0.15) is 25.0 Å². The van der Waals surface area contributed by atoms with E-state index in [1.54, 1.807) is 11.1 Å². The van der Waals surface area contributed by atoms with Crippen LogP contribution in [0, 0.1) is 6.92 Å². The third kappa shape index (κ3) is 2.13. The van der Waals surface area contributed by atoms with Crippen molar-refractivity contribution in [3.63, 3.8) is 0 Å². The Morgan fingerprint density at radius 2 is 2.20 bits per heavy atom. The largest absolute Gasteiger partial charge is 0.368 e. The van der Waals surface area contributed by atoms with Gasteiger partial charge in [0.1, 0.15) is 11.2 Å². The zero-order chi connectivity index (χ0) is 14.1. The molecule has 0 amide bonds. The van der Waals surface area contributed by atoms with E-state index in [0.717, 1.165) is 23.4 Å². The molecule has 3 rings (SSSR count). The minimum Gasteiger partial charge on any atom is -0.368 e. The molecule has 0 fully saturated rings. The second-order valence-electron chi connectivity index (χ2n) is 4.31. The van der Waals surface area contributed by atoms with Crippen molar-refractivity contribution < 1.29 is 0 Å². The number of imidazole rings is 1. The van der Waals surface area contributed by atoms with Crippen molar-refractivity contribution in [2.24, 2.45) is 0 Å². The van der Waals surface area contributed by atoms with Gasteiger partial charge in [0.25, 0.3) is 0 Å². The lowest BCUT2D eigenvalue weighted by Crippen LogP contribution is -2.07. The predicted octanol–water partition coefficient (Wildman–Crippen LogP) is 0.467. The maximum atomic E-state index is 5.66. The predicted molar refractivity (Wildman–Crippen MR) is 73.9 cm³/mol. The molecule has 9 nitrogen and oxygen atoms in total. The van der Waals surface area contributed by atoms with E-state index in [4.69, 9.17) is 5.73 Å². The molecule has 0 aliphatic rings. The van der Waals surface area contributed by atoms with Gasteiger partial charge in [-0.1, -0.05) is 0 Å². The summed E-state index contributed by atoms with van der Waals surface area (Å²) in [5, 5.41) is 11.9. The lowest BCUT2D eigenvalue weighted by Gasteiger charge is -2.05. The molecule has 4 N–H and O–H groups in total. The highest BCUT2D eigenvalue weighted by Gasteiger charge is 2.10. The topological polar surface area (TPSA) is 123 Å². The van der Waals surface area contributed by atoms with Crippen molar-refractivity contribution in [2.75, 3.05) is 11.1 Å². The van der Waals surface area contributed by atoms with Crippen LogP contribution in [0.25, 0.3) is 11.2 Å². The monoisotopic (exact) mass is 273 g/mol. The van der Waals surface area contributed by atoms with Crippen LogP contribution in [0.4, 0.5) is 11.8 Å². The Balaban J connectivity index is 1.86. The number of anilines is 2. The number of nitrogen functional groups attached to an aromatic ring is 1. The number of nitrogens with two attached hydrogens (primary N) is 1. The quantitative estimate of drug-likeness (QED) is 0.631. The van der Waals surface area contributed by atoms with Gasteiger partial charge in [0.05, 0.1) is 25.1 Å². The molecule has 0 aliphatic heterocycles. The number of hydrogen-bond donors (Lipinski definition) is 3. The van der Waals surface area contributed by atoms with Crippen LogP contribution < -0.4 is 11.1 Å². The molecule has 0 spiro atoms. The van der Waals surface area contributed by atoms with Gasteiger partial charge in [-0.15, -0.1) is 0 Å². The normalized spacial score (nSPS) is 11.1. The van der Waals surface area contributed by atoms with E-state index < -0.39 is 0 Å². The summed E-state index contributed by atoms with van der Waals surface area (Å²) in [5.41, 5.74) is 8.68. The summed E-state index contributed by atoms with van der Waals surface area (Å²) < 4.78 is 0. The highest BCUT2D eigenvalue weighted by Crippen LogP contribution is 2.18. The zero-order valence-electron chi connectivity index (χ0n) is 11.3. The molecule has 3 aromatic rings. The van der Waals surface area contributed by atoms with Crippen LogP contribution in [0.15, 0.2) is 6.33 Å². The Labute approximate surface area is 114 Å². The third-order valence-corrected chi connectivity index (χ3v) is 2.93. The summed E-state index contributed by atoms with van der Waals surface area (Å²) in [6, 6.07) is 0. The summed E-state index contributed by atoms with van der Waals surface area (Å²) in [4.78, 5) is 16.9. The fourth-order valence-corrected chi connectivity index (χ4v) is 1.92. The Morgan fingerprint density at radius 1 is 1.35 bits per heavy atom. The van der Waals surface area contributed by atoms with Gasteiger partial charge < -0.3 is 16.0 Å². The number of aromatic amines is 1. The first-order chi connectivity index (χ1) is 9.67. The number of nitrogens with one attached hydrogen (secondary N) is 2. The van der Waals surface area contributed by atoms with Crippen molar-refractivity contribution in [3.05, 3.63) is 17.7 Å². The average molecular weight is 273 g/mol. The summed E-state index contributed by atoms with van der Waals surface area (Å²) >= 11 is 0. The van der Waals surface area contributed by atoms with Gasteiger partial charge in [-0.05, 0) is 13.8 Å². The smallest absolute Gasteiger partial charge is 0.224 e. The maximum absolute atomic E-state index is 5.66. The third-order valence-electron chi connectivity index (χ3n) is 2.93. The van der Waals surface area contributed by atoms with Gasteiger partial charge in [0.15, 0.2) is 11.5 Å². The first-order valence-corrected chi connectivity index (χ1v) is 6.28. The number of nitrogens with zero attached hydrogens (tertiary/aromatic N) is 6. The van der Waals surface area contributed by atoms with Crippen LogP contribution in [0.5, 0.6) is 0 Å². The van der Waals surface area contributed by atoms with Crippen molar-refractivity contribution >= 4 is 22.9 Å². The van der Waals surface area contributed by atoms with Crippen LogP contribution in [0.3, 0.4) is 0 Å².